The number of nitrogens with zero attached hydrogens (tertiary/aromatic N) is 1. The van der Waals surface area contributed by atoms with Gasteiger partial charge < -0.3 is 5.32 Å². The van der Waals surface area contributed by atoms with Crippen LogP contribution in [0.15, 0.2) is 41.6 Å². The maximum absolute atomic E-state index is 12.3. The molecule has 1 aliphatic rings. The summed E-state index contributed by atoms with van der Waals surface area (Å²) in [6.07, 6.45) is 7.90. The summed E-state index contributed by atoms with van der Waals surface area (Å²) in [5.74, 6) is 0.609. The largest absolute Gasteiger partial charge is 0.349 e. The van der Waals surface area contributed by atoms with E-state index >= 15 is 0 Å². The molecule has 1 amide bonds. The topological polar surface area (TPSA) is 42.0 Å². The number of halogens is 2. The van der Waals surface area contributed by atoms with E-state index in [1.54, 1.807) is 24.2 Å². The second-order valence-electron chi connectivity index (χ2n) is 5.88. The molecule has 0 bridgehead atoms. The second kappa shape index (κ2) is 8.24. The Morgan fingerprint density at radius 1 is 1.21 bits per heavy atom. The van der Waals surface area contributed by atoms with Gasteiger partial charge >= 0.3 is 0 Å². The van der Waals surface area contributed by atoms with Gasteiger partial charge in [0.2, 0.25) is 0 Å². The molecule has 1 aliphatic carbocycles. The molecule has 126 valence electrons. The number of hydrogen-bond donors (Lipinski definition) is 1. The van der Waals surface area contributed by atoms with Gasteiger partial charge in [-0.3, -0.25) is 9.78 Å². The van der Waals surface area contributed by atoms with Crippen LogP contribution in [0.3, 0.4) is 0 Å². The van der Waals surface area contributed by atoms with Crippen LogP contribution in [-0.4, -0.2) is 16.9 Å². The van der Waals surface area contributed by atoms with Crippen LogP contribution in [0.25, 0.3) is 0 Å². The third-order valence-corrected chi connectivity index (χ3v) is 6.11. The number of amides is 1. The summed E-state index contributed by atoms with van der Waals surface area (Å²) >= 11 is 13.9. The van der Waals surface area contributed by atoms with Gasteiger partial charge in [-0.05, 0) is 36.6 Å². The molecule has 24 heavy (non-hydrogen) atoms. The maximum Gasteiger partial charge on any atom is 0.253 e. The first-order valence-corrected chi connectivity index (χ1v) is 9.69. The van der Waals surface area contributed by atoms with E-state index < -0.39 is 0 Å². The minimum absolute atomic E-state index is 0.0444. The second-order valence-corrected chi connectivity index (χ2v) is 7.68. The Bertz CT molecular complexity index is 712. The normalized spacial score (nSPS) is 14.8. The maximum atomic E-state index is 12.3. The lowest BCUT2D eigenvalue weighted by Crippen LogP contribution is -2.32. The fourth-order valence-corrected chi connectivity index (χ4v) is 4.41. The Morgan fingerprint density at radius 3 is 2.62 bits per heavy atom. The molecule has 2 aromatic rings. The van der Waals surface area contributed by atoms with Crippen LogP contribution in [0.5, 0.6) is 0 Å². The van der Waals surface area contributed by atoms with Crippen molar-refractivity contribution >= 4 is 40.9 Å². The lowest BCUT2D eigenvalue weighted by molar-refractivity contribution is 0.0937. The minimum Gasteiger partial charge on any atom is -0.349 e. The van der Waals surface area contributed by atoms with Gasteiger partial charge in [-0.1, -0.05) is 42.1 Å². The average Bonchev–Trinajstić information content (AvgIpc) is 3.07. The monoisotopic (exact) mass is 380 g/mol. The summed E-state index contributed by atoms with van der Waals surface area (Å²) < 4.78 is 0. The van der Waals surface area contributed by atoms with Crippen LogP contribution < -0.4 is 5.32 Å². The van der Waals surface area contributed by atoms with Crippen molar-refractivity contribution in [2.24, 2.45) is 0 Å². The van der Waals surface area contributed by atoms with Crippen molar-refractivity contribution in [2.45, 2.75) is 42.4 Å². The molecule has 0 radical (unpaired) electrons. The number of carbonyl (C=O) groups excluding carboxylic acids is 1. The van der Waals surface area contributed by atoms with E-state index in [4.69, 9.17) is 23.2 Å². The molecule has 1 aromatic heterocycles. The summed E-state index contributed by atoms with van der Waals surface area (Å²) in [5.41, 5.74) is 1.57. The molecule has 0 spiro atoms. The van der Waals surface area contributed by atoms with E-state index in [1.165, 1.54) is 12.8 Å². The first kappa shape index (κ1) is 17.6. The van der Waals surface area contributed by atoms with Gasteiger partial charge in [0, 0.05) is 29.1 Å². The highest BCUT2D eigenvalue weighted by molar-refractivity contribution is 7.98. The van der Waals surface area contributed by atoms with Gasteiger partial charge in [0.25, 0.3) is 5.91 Å². The molecule has 1 aromatic carbocycles. The Kier molecular flexibility index (Phi) is 6.04. The smallest absolute Gasteiger partial charge is 0.253 e. The molecule has 0 saturated heterocycles. The molecule has 1 heterocycles. The van der Waals surface area contributed by atoms with Crippen LogP contribution >= 0.6 is 35.0 Å². The SMILES string of the molecule is O=C(NC1CCCC1)c1cncc(CSc2c(Cl)cccc2Cl)c1. The zero-order valence-electron chi connectivity index (χ0n) is 13.1. The van der Waals surface area contributed by atoms with Gasteiger partial charge in [-0.15, -0.1) is 11.8 Å². The van der Waals surface area contributed by atoms with Crippen molar-refractivity contribution in [3.05, 3.63) is 57.8 Å². The quantitative estimate of drug-likeness (QED) is 0.710. The van der Waals surface area contributed by atoms with Crippen molar-refractivity contribution in [1.82, 2.24) is 10.3 Å². The van der Waals surface area contributed by atoms with Crippen LogP contribution in [0.4, 0.5) is 0 Å². The highest BCUT2D eigenvalue weighted by atomic mass is 35.5. The fourth-order valence-electron chi connectivity index (χ4n) is 2.81. The van der Waals surface area contributed by atoms with Crippen LogP contribution in [0.1, 0.15) is 41.6 Å². The van der Waals surface area contributed by atoms with E-state index in [0.717, 1.165) is 23.3 Å². The highest BCUT2D eigenvalue weighted by Gasteiger charge is 2.18. The van der Waals surface area contributed by atoms with Gasteiger partial charge in [-0.2, -0.15) is 0 Å². The first-order valence-electron chi connectivity index (χ1n) is 7.95. The van der Waals surface area contributed by atoms with Crippen LogP contribution in [0, 0.1) is 0 Å². The Morgan fingerprint density at radius 2 is 1.92 bits per heavy atom. The number of rotatable bonds is 5. The van der Waals surface area contributed by atoms with E-state index in [2.05, 4.69) is 10.3 Å². The Hall–Kier alpha value is -1.23. The van der Waals surface area contributed by atoms with Gasteiger partial charge in [-0.25, -0.2) is 0 Å². The number of pyridine rings is 1. The first-order chi connectivity index (χ1) is 11.6. The molecule has 3 rings (SSSR count). The van der Waals surface area contributed by atoms with Gasteiger partial charge in [0.1, 0.15) is 0 Å². The van der Waals surface area contributed by atoms with Crippen LogP contribution in [0.2, 0.25) is 10.0 Å². The van der Waals surface area contributed by atoms with Crippen molar-refractivity contribution in [3.8, 4) is 0 Å². The zero-order valence-corrected chi connectivity index (χ0v) is 15.4. The standard InChI is InChI=1S/C18H18Cl2N2OS/c19-15-6-3-7-16(20)17(15)24-11-12-8-13(10-21-9-12)18(23)22-14-4-1-2-5-14/h3,6-10,14H,1-2,4-5,11H2,(H,22,23). The molecule has 0 atom stereocenters. The number of thioether (sulfide) groups is 1. The number of carbonyl (C=O) groups is 1. The average molecular weight is 381 g/mol. The van der Waals surface area contributed by atoms with Crippen molar-refractivity contribution < 1.29 is 4.79 Å². The summed E-state index contributed by atoms with van der Waals surface area (Å²) in [7, 11) is 0. The predicted octanol–water partition coefficient (Wildman–Crippen LogP) is 5.35. The molecule has 1 fully saturated rings. The van der Waals surface area contributed by atoms with Crippen molar-refractivity contribution in [2.75, 3.05) is 0 Å². The molecule has 1 saturated carbocycles. The summed E-state index contributed by atoms with van der Waals surface area (Å²) in [6, 6.07) is 7.65. The van der Waals surface area contributed by atoms with E-state index in [9.17, 15) is 4.79 Å². The van der Waals surface area contributed by atoms with E-state index in [1.807, 2.05) is 24.3 Å². The number of hydrogen-bond acceptors (Lipinski definition) is 3. The van der Waals surface area contributed by atoms with Crippen LogP contribution in [-0.2, 0) is 5.75 Å². The number of nitrogens with one attached hydrogen (secondary N) is 1. The summed E-state index contributed by atoms with van der Waals surface area (Å²) in [6.45, 7) is 0. The van der Waals surface area contributed by atoms with E-state index in [-0.39, 0.29) is 5.91 Å². The van der Waals surface area contributed by atoms with Gasteiger partial charge in [0.05, 0.1) is 15.6 Å². The molecule has 1 N–H and O–H groups in total. The molecular formula is C18H18Cl2N2OS. The Balaban J connectivity index is 1.65. The minimum atomic E-state index is -0.0444. The fraction of sp³-hybridized carbons (Fsp3) is 0.333. The van der Waals surface area contributed by atoms with E-state index in [0.29, 0.717) is 27.4 Å². The summed E-state index contributed by atoms with van der Waals surface area (Å²) in [4.78, 5) is 17.4. The molecule has 3 nitrogen and oxygen atoms in total. The third kappa shape index (κ3) is 4.44. The molecule has 0 unspecified atom stereocenters. The third-order valence-electron chi connectivity index (χ3n) is 4.05. The lowest BCUT2D eigenvalue weighted by atomic mass is 10.2. The summed E-state index contributed by atoms with van der Waals surface area (Å²) in [5, 5.41) is 4.36. The van der Waals surface area contributed by atoms with Crippen molar-refractivity contribution in [1.29, 1.82) is 0 Å². The molecular weight excluding hydrogens is 363 g/mol. The highest BCUT2D eigenvalue weighted by Crippen LogP contribution is 2.35. The zero-order chi connectivity index (χ0) is 16.9. The molecule has 0 aliphatic heterocycles. The number of aromatic nitrogens is 1. The van der Waals surface area contributed by atoms with Gasteiger partial charge in [0.15, 0.2) is 0 Å². The number of benzene rings is 1. The lowest BCUT2D eigenvalue weighted by Gasteiger charge is -2.12. The predicted molar refractivity (Wildman–Crippen MR) is 100.0 cm³/mol. The Labute approximate surface area is 156 Å². The molecule has 6 heteroatoms. The van der Waals surface area contributed by atoms with Crippen molar-refractivity contribution in [3.63, 3.8) is 0 Å².